The minimum atomic E-state index is -0.861. The van der Waals surface area contributed by atoms with Crippen LogP contribution in [-0.4, -0.2) is 18.2 Å². The summed E-state index contributed by atoms with van der Waals surface area (Å²) < 4.78 is 5.42. The lowest BCUT2D eigenvalue weighted by Crippen LogP contribution is -2.30. The van der Waals surface area contributed by atoms with E-state index in [0.717, 1.165) is 34.5 Å². The van der Waals surface area contributed by atoms with Gasteiger partial charge in [-0.1, -0.05) is 12.2 Å². The molecule has 2 aromatic carbocycles. The fourth-order valence-electron chi connectivity index (χ4n) is 4.79. The van der Waals surface area contributed by atoms with E-state index in [2.05, 4.69) is 29.6 Å². The molecule has 4 nitrogen and oxygen atoms in total. The first-order chi connectivity index (χ1) is 12.9. The number of ether oxygens (including phenoxy) is 1. The summed E-state index contributed by atoms with van der Waals surface area (Å²) in [5, 5.41) is 13.3. The number of hydrogen-bond acceptors (Lipinski definition) is 3. The van der Waals surface area contributed by atoms with E-state index in [9.17, 15) is 9.90 Å². The molecule has 1 aliphatic heterocycles. The summed E-state index contributed by atoms with van der Waals surface area (Å²) in [4.78, 5) is 11.6. The molecule has 2 aliphatic rings. The van der Waals surface area contributed by atoms with E-state index in [1.165, 1.54) is 11.1 Å². The maximum atomic E-state index is 11.6. The number of benzene rings is 2. The number of hydrogen-bond donors (Lipinski definition) is 2. The third-order valence-corrected chi connectivity index (χ3v) is 6.27. The molecule has 4 rings (SSSR count). The molecule has 4 heteroatoms. The van der Waals surface area contributed by atoms with Gasteiger partial charge in [0.15, 0.2) is 0 Å². The highest BCUT2D eigenvalue weighted by Crippen LogP contribution is 2.51. The molecule has 0 aromatic heterocycles. The molecule has 3 atom stereocenters. The Balaban J connectivity index is 1.84. The Hall–Kier alpha value is -2.75. The molecule has 140 valence electrons. The Morgan fingerprint density at radius 3 is 2.67 bits per heavy atom. The third kappa shape index (κ3) is 2.71. The highest BCUT2D eigenvalue weighted by molar-refractivity contribution is 5.90. The second-order valence-electron chi connectivity index (χ2n) is 7.64. The van der Waals surface area contributed by atoms with E-state index in [1.807, 2.05) is 32.9 Å². The average molecular weight is 363 g/mol. The van der Waals surface area contributed by atoms with Gasteiger partial charge in [0.2, 0.25) is 0 Å². The van der Waals surface area contributed by atoms with Gasteiger partial charge in [-0.2, -0.15) is 0 Å². The molecule has 0 unspecified atom stereocenters. The normalized spacial score (nSPS) is 22.7. The van der Waals surface area contributed by atoms with Crippen LogP contribution in [0, 0.1) is 26.7 Å². The molecular weight excluding hydrogens is 338 g/mol. The van der Waals surface area contributed by atoms with E-state index in [4.69, 9.17) is 4.74 Å². The quantitative estimate of drug-likeness (QED) is 0.741. The molecule has 2 aromatic rings. The van der Waals surface area contributed by atoms with Crippen molar-refractivity contribution in [2.45, 2.75) is 39.2 Å². The second kappa shape index (κ2) is 6.45. The first-order valence-corrected chi connectivity index (χ1v) is 9.37. The Bertz CT molecular complexity index is 961. The molecular formula is C23H25NO3. The van der Waals surface area contributed by atoms with Gasteiger partial charge < -0.3 is 15.2 Å². The van der Waals surface area contributed by atoms with E-state index in [0.29, 0.717) is 17.4 Å². The fourth-order valence-corrected chi connectivity index (χ4v) is 4.79. The van der Waals surface area contributed by atoms with Gasteiger partial charge in [-0.25, -0.2) is 4.79 Å². The number of allylic oxidation sites excluding steroid dienone is 2. The zero-order valence-electron chi connectivity index (χ0n) is 16.2. The standard InChI is InChI=1S/C23H25NO3/c1-12-10-18(23(25)26)13(2)14(3)21(12)22-17-7-5-6-16(17)19-11-15(27-4)8-9-20(19)24-22/h5-6,8-11,16-17,22,24H,7H2,1-4H3,(H,25,26)/t16-,17+,22+/m1/s1. The van der Waals surface area contributed by atoms with Crippen LogP contribution in [0.1, 0.15) is 56.6 Å². The predicted octanol–water partition coefficient (Wildman–Crippen LogP) is 5.15. The lowest BCUT2D eigenvalue weighted by Gasteiger charge is -2.39. The van der Waals surface area contributed by atoms with Crippen molar-refractivity contribution in [3.05, 3.63) is 69.8 Å². The number of carbonyl (C=O) groups is 1. The van der Waals surface area contributed by atoms with Crippen LogP contribution in [-0.2, 0) is 0 Å². The van der Waals surface area contributed by atoms with E-state index in [-0.39, 0.29) is 6.04 Å². The minimum absolute atomic E-state index is 0.160. The van der Waals surface area contributed by atoms with E-state index >= 15 is 0 Å². The van der Waals surface area contributed by atoms with Gasteiger partial charge in [0.25, 0.3) is 0 Å². The highest BCUT2D eigenvalue weighted by Gasteiger charge is 2.39. The SMILES string of the molecule is COc1ccc2c(c1)[C@@H]1C=CC[C@@H]1[C@@H](c1c(C)cc(C(=O)O)c(C)c1C)N2. The van der Waals surface area contributed by atoms with Crippen molar-refractivity contribution in [1.29, 1.82) is 0 Å². The maximum Gasteiger partial charge on any atom is 0.335 e. The van der Waals surface area contributed by atoms with Crippen LogP contribution in [0.15, 0.2) is 36.4 Å². The van der Waals surface area contributed by atoms with Crippen molar-refractivity contribution >= 4 is 11.7 Å². The Morgan fingerprint density at radius 2 is 1.96 bits per heavy atom. The van der Waals surface area contributed by atoms with Crippen molar-refractivity contribution < 1.29 is 14.6 Å². The number of fused-ring (bicyclic) bond motifs is 3. The van der Waals surface area contributed by atoms with Crippen LogP contribution < -0.4 is 10.1 Å². The molecule has 0 fully saturated rings. The lowest BCUT2D eigenvalue weighted by molar-refractivity contribution is 0.0696. The van der Waals surface area contributed by atoms with Crippen molar-refractivity contribution in [1.82, 2.24) is 0 Å². The van der Waals surface area contributed by atoms with Crippen molar-refractivity contribution in [3.63, 3.8) is 0 Å². The summed E-state index contributed by atoms with van der Waals surface area (Å²) in [6.07, 6.45) is 5.58. The fraction of sp³-hybridized carbons (Fsp3) is 0.348. The van der Waals surface area contributed by atoms with E-state index < -0.39 is 5.97 Å². The number of rotatable bonds is 3. The molecule has 0 saturated carbocycles. The molecule has 0 amide bonds. The van der Waals surface area contributed by atoms with Crippen LogP contribution >= 0.6 is 0 Å². The molecule has 2 N–H and O–H groups in total. The second-order valence-corrected chi connectivity index (χ2v) is 7.64. The van der Waals surface area contributed by atoms with Crippen molar-refractivity contribution in [3.8, 4) is 5.75 Å². The summed E-state index contributed by atoms with van der Waals surface area (Å²) >= 11 is 0. The number of carboxylic acid groups (broad SMARTS) is 1. The number of aryl methyl sites for hydroxylation is 1. The van der Waals surface area contributed by atoms with Gasteiger partial charge in [0, 0.05) is 11.6 Å². The van der Waals surface area contributed by atoms with Gasteiger partial charge >= 0.3 is 5.97 Å². The van der Waals surface area contributed by atoms with Crippen molar-refractivity contribution in [2.24, 2.45) is 5.92 Å². The largest absolute Gasteiger partial charge is 0.497 e. The molecule has 1 aliphatic carbocycles. The molecule has 1 heterocycles. The van der Waals surface area contributed by atoms with Crippen LogP contribution in [0.25, 0.3) is 0 Å². The predicted molar refractivity (Wildman–Crippen MR) is 107 cm³/mol. The van der Waals surface area contributed by atoms with Gasteiger partial charge in [-0.15, -0.1) is 0 Å². The summed E-state index contributed by atoms with van der Waals surface area (Å²) in [5.41, 5.74) is 7.01. The van der Waals surface area contributed by atoms with Crippen molar-refractivity contribution in [2.75, 3.05) is 12.4 Å². The van der Waals surface area contributed by atoms with Gasteiger partial charge in [-0.05, 0) is 85.2 Å². The molecule has 27 heavy (non-hydrogen) atoms. The highest BCUT2D eigenvalue weighted by atomic mass is 16.5. The van der Waals surface area contributed by atoms with Crippen LogP contribution in [0.3, 0.4) is 0 Å². The average Bonchev–Trinajstić information content (AvgIpc) is 3.14. The topological polar surface area (TPSA) is 58.6 Å². The number of methoxy groups -OCH3 is 1. The molecule has 0 saturated heterocycles. The summed E-state index contributed by atoms with van der Waals surface area (Å²) in [6, 6.07) is 8.19. The van der Waals surface area contributed by atoms with Crippen LogP contribution in [0.2, 0.25) is 0 Å². The number of nitrogens with one attached hydrogen (secondary N) is 1. The molecule has 0 bridgehead atoms. The summed E-state index contributed by atoms with van der Waals surface area (Å²) in [7, 11) is 1.70. The zero-order valence-corrected chi connectivity index (χ0v) is 16.2. The lowest BCUT2D eigenvalue weighted by atomic mass is 9.74. The molecule has 0 radical (unpaired) electrons. The van der Waals surface area contributed by atoms with Crippen LogP contribution in [0.5, 0.6) is 5.75 Å². The summed E-state index contributed by atoms with van der Waals surface area (Å²) in [6.45, 7) is 5.98. The van der Waals surface area contributed by atoms with Gasteiger partial charge in [-0.3, -0.25) is 0 Å². The molecule has 0 spiro atoms. The number of aromatic carboxylic acids is 1. The van der Waals surface area contributed by atoms with Crippen LogP contribution in [0.4, 0.5) is 5.69 Å². The van der Waals surface area contributed by atoms with Gasteiger partial charge in [0.05, 0.1) is 18.7 Å². The summed E-state index contributed by atoms with van der Waals surface area (Å²) in [5.74, 6) is 0.776. The monoisotopic (exact) mass is 363 g/mol. The smallest absolute Gasteiger partial charge is 0.335 e. The van der Waals surface area contributed by atoms with E-state index in [1.54, 1.807) is 7.11 Å². The minimum Gasteiger partial charge on any atom is -0.497 e. The zero-order chi connectivity index (χ0) is 19.3. The first kappa shape index (κ1) is 17.7. The van der Waals surface area contributed by atoms with Gasteiger partial charge in [0.1, 0.15) is 5.75 Å². The maximum absolute atomic E-state index is 11.6. The Morgan fingerprint density at radius 1 is 1.19 bits per heavy atom. The Labute approximate surface area is 159 Å². The number of anilines is 1. The first-order valence-electron chi connectivity index (χ1n) is 9.37. The number of carboxylic acids is 1. The Kier molecular flexibility index (Phi) is 4.22. The third-order valence-electron chi connectivity index (χ3n) is 6.27.